The average molecular weight is 192 g/mol. The predicted octanol–water partition coefficient (Wildman–Crippen LogP) is 1.87. The molecule has 0 unspecified atom stereocenters. The second kappa shape index (κ2) is 4.84. The van der Waals surface area contributed by atoms with Gasteiger partial charge in [-0.2, -0.15) is 0 Å². The molecule has 3 nitrogen and oxygen atoms in total. The van der Waals surface area contributed by atoms with E-state index in [-0.39, 0.29) is 5.78 Å². The van der Waals surface area contributed by atoms with E-state index in [1.165, 1.54) is 0 Å². The van der Waals surface area contributed by atoms with Gasteiger partial charge in [0.2, 0.25) is 0 Å². The first-order valence-corrected chi connectivity index (χ1v) is 4.94. The zero-order valence-corrected chi connectivity index (χ0v) is 9.00. The summed E-state index contributed by atoms with van der Waals surface area (Å²) in [6.07, 6.45) is 2.36. The van der Waals surface area contributed by atoms with Gasteiger partial charge < -0.3 is 0 Å². The summed E-state index contributed by atoms with van der Waals surface area (Å²) in [5.74, 6) is 0.763. The van der Waals surface area contributed by atoms with Crippen LogP contribution in [-0.4, -0.2) is 15.8 Å². The quantitative estimate of drug-likeness (QED) is 0.731. The average Bonchev–Trinajstić information content (AvgIpc) is 2.01. The number of hydrogen-bond acceptors (Lipinski definition) is 3. The van der Waals surface area contributed by atoms with E-state index in [2.05, 4.69) is 16.9 Å². The Morgan fingerprint density at radius 3 is 2.71 bits per heavy atom. The van der Waals surface area contributed by atoms with Crippen LogP contribution in [0.3, 0.4) is 0 Å². The van der Waals surface area contributed by atoms with Crippen LogP contribution in [0.25, 0.3) is 0 Å². The minimum Gasteiger partial charge on any atom is -0.300 e. The third kappa shape index (κ3) is 3.24. The van der Waals surface area contributed by atoms with E-state index in [1.807, 2.05) is 13.0 Å². The largest absolute Gasteiger partial charge is 0.300 e. The van der Waals surface area contributed by atoms with Crippen molar-refractivity contribution in [3.8, 4) is 0 Å². The predicted molar refractivity (Wildman–Crippen MR) is 55.1 cm³/mol. The molecule has 1 aromatic rings. The number of rotatable bonds is 4. The number of nitrogens with zero attached hydrogens (tertiary/aromatic N) is 2. The smallest absolute Gasteiger partial charge is 0.137 e. The van der Waals surface area contributed by atoms with E-state index in [0.29, 0.717) is 12.2 Å². The van der Waals surface area contributed by atoms with E-state index in [9.17, 15) is 4.79 Å². The molecule has 0 aliphatic rings. The highest BCUT2D eigenvalue weighted by Gasteiger charge is 2.04. The van der Waals surface area contributed by atoms with Crippen LogP contribution < -0.4 is 0 Å². The van der Waals surface area contributed by atoms with Gasteiger partial charge in [-0.1, -0.05) is 13.3 Å². The molecular formula is C11H16N2O. The molecule has 0 saturated heterocycles. The molecule has 0 aliphatic heterocycles. The van der Waals surface area contributed by atoms with Crippen molar-refractivity contribution >= 4 is 5.78 Å². The van der Waals surface area contributed by atoms with E-state index in [1.54, 1.807) is 6.92 Å². The Balaban J connectivity index is 2.88. The van der Waals surface area contributed by atoms with Crippen LogP contribution in [-0.2, 0) is 17.6 Å². The molecular weight excluding hydrogens is 176 g/mol. The van der Waals surface area contributed by atoms with E-state index in [0.717, 1.165) is 24.2 Å². The van der Waals surface area contributed by atoms with Crippen molar-refractivity contribution in [2.45, 2.75) is 40.0 Å². The highest BCUT2D eigenvalue weighted by Crippen LogP contribution is 2.04. The van der Waals surface area contributed by atoms with E-state index < -0.39 is 0 Å². The lowest BCUT2D eigenvalue weighted by molar-refractivity contribution is -0.116. The van der Waals surface area contributed by atoms with Crippen LogP contribution in [0.4, 0.5) is 0 Å². The van der Waals surface area contributed by atoms with Crippen LogP contribution in [0, 0.1) is 6.92 Å². The number of aryl methyl sites for hydroxylation is 2. The molecule has 0 fully saturated rings. The van der Waals surface area contributed by atoms with Gasteiger partial charge >= 0.3 is 0 Å². The van der Waals surface area contributed by atoms with Crippen LogP contribution in [0.2, 0.25) is 0 Å². The van der Waals surface area contributed by atoms with Gasteiger partial charge in [0.15, 0.2) is 0 Å². The minimum absolute atomic E-state index is 0.109. The third-order valence-electron chi connectivity index (χ3n) is 1.87. The molecule has 0 bridgehead atoms. The van der Waals surface area contributed by atoms with Gasteiger partial charge in [0, 0.05) is 11.4 Å². The van der Waals surface area contributed by atoms with Gasteiger partial charge in [-0.25, -0.2) is 9.97 Å². The highest BCUT2D eigenvalue weighted by molar-refractivity contribution is 5.77. The van der Waals surface area contributed by atoms with Crippen LogP contribution in [0.15, 0.2) is 6.07 Å². The molecule has 1 aromatic heterocycles. The lowest BCUT2D eigenvalue weighted by Gasteiger charge is -2.03. The summed E-state index contributed by atoms with van der Waals surface area (Å²) < 4.78 is 0. The molecule has 0 N–H and O–H groups in total. The number of carbonyl (C=O) groups is 1. The number of aromatic nitrogens is 2. The van der Waals surface area contributed by atoms with Crippen LogP contribution in [0.1, 0.15) is 37.5 Å². The maximum atomic E-state index is 10.9. The van der Waals surface area contributed by atoms with Crippen LogP contribution >= 0.6 is 0 Å². The van der Waals surface area contributed by atoms with E-state index >= 15 is 0 Å². The third-order valence-corrected chi connectivity index (χ3v) is 1.87. The number of ketones is 1. The Morgan fingerprint density at radius 1 is 1.43 bits per heavy atom. The second-order valence-corrected chi connectivity index (χ2v) is 3.55. The molecule has 0 aliphatic carbocycles. The number of Topliss-reactive ketones (excluding diaryl/α,β-unsaturated/α-hetero) is 1. The molecule has 3 heteroatoms. The van der Waals surface area contributed by atoms with Gasteiger partial charge in [-0.15, -0.1) is 0 Å². The fraction of sp³-hybridized carbons (Fsp3) is 0.545. The van der Waals surface area contributed by atoms with E-state index in [4.69, 9.17) is 0 Å². The summed E-state index contributed by atoms with van der Waals surface area (Å²) in [4.78, 5) is 19.5. The molecule has 0 aromatic carbocycles. The Bertz CT molecular complexity index is 334. The van der Waals surface area contributed by atoms with Crippen molar-refractivity contribution in [1.29, 1.82) is 0 Å². The summed E-state index contributed by atoms with van der Waals surface area (Å²) in [5, 5.41) is 0. The summed E-state index contributed by atoms with van der Waals surface area (Å²) in [6.45, 7) is 5.61. The Hall–Kier alpha value is -1.25. The topological polar surface area (TPSA) is 42.9 Å². The summed E-state index contributed by atoms with van der Waals surface area (Å²) >= 11 is 0. The fourth-order valence-corrected chi connectivity index (χ4v) is 1.39. The first-order valence-electron chi connectivity index (χ1n) is 4.94. The van der Waals surface area contributed by atoms with Crippen molar-refractivity contribution in [2.75, 3.05) is 0 Å². The highest BCUT2D eigenvalue weighted by atomic mass is 16.1. The molecule has 0 atom stereocenters. The van der Waals surface area contributed by atoms with Gasteiger partial charge in [-0.05, 0) is 26.3 Å². The summed E-state index contributed by atoms with van der Waals surface area (Å²) in [7, 11) is 0. The number of carbonyl (C=O) groups excluding carboxylic acids is 1. The maximum absolute atomic E-state index is 10.9. The van der Waals surface area contributed by atoms with Crippen molar-refractivity contribution in [3.63, 3.8) is 0 Å². The Morgan fingerprint density at radius 2 is 2.14 bits per heavy atom. The summed E-state index contributed by atoms with van der Waals surface area (Å²) in [5.41, 5.74) is 1.98. The lowest BCUT2D eigenvalue weighted by Crippen LogP contribution is -2.06. The summed E-state index contributed by atoms with van der Waals surface area (Å²) in [6, 6.07) is 1.98. The number of hydrogen-bond donors (Lipinski definition) is 0. The second-order valence-electron chi connectivity index (χ2n) is 3.55. The molecule has 76 valence electrons. The van der Waals surface area contributed by atoms with Crippen molar-refractivity contribution < 1.29 is 4.79 Å². The molecule has 0 saturated carbocycles. The van der Waals surface area contributed by atoms with Gasteiger partial charge in [0.25, 0.3) is 0 Å². The first kappa shape index (κ1) is 10.8. The van der Waals surface area contributed by atoms with Crippen molar-refractivity contribution in [2.24, 2.45) is 0 Å². The van der Waals surface area contributed by atoms with Crippen molar-refractivity contribution in [1.82, 2.24) is 9.97 Å². The molecule has 0 amide bonds. The molecule has 0 spiro atoms. The molecule has 14 heavy (non-hydrogen) atoms. The fourth-order valence-electron chi connectivity index (χ4n) is 1.39. The maximum Gasteiger partial charge on any atom is 0.137 e. The monoisotopic (exact) mass is 192 g/mol. The van der Waals surface area contributed by atoms with Crippen LogP contribution in [0.5, 0.6) is 0 Å². The van der Waals surface area contributed by atoms with Crippen molar-refractivity contribution in [3.05, 3.63) is 23.3 Å². The molecule has 1 heterocycles. The SMILES string of the molecule is CCCc1cc(C)nc(CC(C)=O)n1. The molecule has 0 radical (unpaired) electrons. The normalized spacial score (nSPS) is 10.2. The Labute approximate surface area is 84.6 Å². The first-order chi connectivity index (χ1) is 6.61. The van der Waals surface area contributed by atoms with Gasteiger partial charge in [0.1, 0.15) is 11.6 Å². The standard InChI is InChI=1S/C11H16N2O/c1-4-5-10-6-8(2)12-11(13-10)7-9(3)14/h6H,4-5,7H2,1-3H3. The minimum atomic E-state index is 0.109. The zero-order valence-electron chi connectivity index (χ0n) is 9.00. The zero-order chi connectivity index (χ0) is 10.6. The Kier molecular flexibility index (Phi) is 3.74. The molecule has 1 rings (SSSR count). The lowest BCUT2D eigenvalue weighted by atomic mass is 10.2. The van der Waals surface area contributed by atoms with Gasteiger partial charge in [-0.3, -0.25) is 4.79 Å². The van der Waals surface area contributed by atoms with Gasteiger partial charge in [0.05, 0.1) is 6.42 Å².